The maximum absolute atomic E-state index is 12.0. The molecule has 1 rings (SSSR count). The van der Waals surface area contributed by atoms with Gasteiger partial charge < -0.3 is 20.5 Å². The molecule has 1 amide bonds. The van der Waals surface area contributed by atoms with Crippen LogP contribution < -0.4 is 11.1 Å². The SMILES string of the molecule is CCOC(=O)C1=C[C@H](OC(CC)CC)[C@@H](NC(C)=O)[C@@H](N)C1.Cl. The average Bonchev–Trinajstić information content (AvgIpc) is 2.47. The number of hydrogen-bond acceptors (Lipinski definition) is 5. The Morgan fingerprint density at radius 3 is 2.43 bits per heavy atom. The highest BCUT2D eigenvalue weighted by atomic mass is 35.5. The van der Waals surface area contributed by atoms with E-state index in [4.69, 9.17) is 15.2 Å². The Kier molecular flexibility index (Phi) is 10.1. The average molecular weight is 349 g/mol. The van der Waals surface area contributed by atoms with Crippen molar-refractivity contribution < 1.29 is 19.1 Å². The maximum atomic E-state index is 12.0. The Morgan fingerprint density at radius 2 is 1.96 bits per heavy atom. The van der Waals surface area contributed by atoms with Crippen LogP contribution in [0.5, 0.6) is 0 Å². The summed E-state index contributed by atoms with van der Waals surface area (Å²) in [6.45, 7) is 7.62. The second-order valence-corrected chi connectivity index (χ2v) is 5.55. The Bertz CT molecular complexity index is 424. The van der Waals surface area contributed by atoms with E-state index in [2.05, 4.69) is 5.32 Å². The van der Waals surface area contributed by atoms with Gasteiger partial charge in [-0.1, -0.05) is 13.8 Å². The smallest absolute Gasteiger partial charge is 0.333 e. The lowest BCUT2D eigenvalue weighted by Crippen LogP contribution is -2.57. The molecule has 23 heavy (non-hydrogen) atoms. The molecule has 0 bridgehead atoms. The lowest BCUT2D eigenvalue weighted by atomic mass is 9.88. The Hall–Kier alpha value is -1.11. The normalized spacial score (nSPS) is 23.7. The number of nitrogens with one attached hydrogen (secondary N) is 1. The van der Waals surface area contributed by atoms with Crippen LogP contribution in [0.1, 0.15) is 47.0 Å². The fraction of sp³-hybridized carbons (Fsp3) is 0.750. The molecule has 0 aromatic rings. The third kappa shape index (κ3) is 6.49. The van der Waals surface area contributed by atoms with Crippen molar-refractivity contribution >= 4 is 24.3 Å². The molecule has 0 spiro atoms. The van der Waals surface area contributed by atoms with Crippen molar-refractivity contribution in [2.24, 2.45) is 5.73 Å². The molecule has 0 saturated carbocycles. The van der Waals surface area contributed by atoms with Gasteiger partial charge in [-0.05, 0) is 32.3 Å². The molecule has 1 aliphatic rings. The molecule has 0 heterocycles. The first kappa shape index (κ1) is 21.9. The van der Waals surface area contributed by atoms with Gasteiger partial charge in [-0.3, -0.25) is 4.79 Å². The van der Waals surface area contributed by atoms with E-state index in [9.17, 15) is 9.59 Å². The van der Waals surface area contributed by atoms with E-state index in [0.717, 1.165) is 12.8 Å². The lowest BCUT2D eigenvalue weighted by molar-refractivity contribution is -0.139. The van der Waals surface area contributed by atoms with Crippen molar-refractivity contribution in [3.8, 4) is 0 Å². The number of carbonyl (C=O) groups excluding carboxylic acids is 2. The molecule has 0 radical (unpaired) electrons. The lowest BCUT2D eigenvalue weighted by Gasteiger charge is -2.36. The molecule has 7 heteroatoms. The number of halogens is 1. The molecular weight excluding hydrogens is 320 g/mol. The highest BCUT2D eigenvalue weighted by Gasteiger charge is 2.35. The highest BCUT2D eigenvalue weighted by Crippen LogP contribution is 2.24. The third-order valence-electron chi connectivity index (χ3n) is 3.80. The zero-order chi connectivity index (χ0) is 16.7. The summed E-state index contributed by atoms with van der Waals surface area (Å²) in [4.78, 5) is 23.4. The number of amides is 1. The van der Waals surface area contributed by atoms with Gasteiger partial charge >= 0.3 is 5.97 Å². The zero-order valence-corrected chi connectivity index (χ0v) is 15.2. The largest absolute Gasteiger partial charge is 0.463 e. The van der Waals surface area contributed by atoms with Crippen molar-refractivity contribution in [1.29, 1.82) is 0 Å². The number of hydrogen-bond donors (Lipinski definition) is 2. The first-order valence-corrected chi connectivity index (χ1v) is 7.98. The van der Waals surface area contributed by atoms with E-state index in [1.54, 1.807) is 13.0 Å². The minimum atomic E-state index is -0.419. The molecule has 134 valence electrons. The van der Waals surface area contributed by atoms with Gasteiger partial charge in [0, 0.05) is 18.5 Å². The summed E-state index contributed by atoms with van der Waals surface area (Å²) in [5.74, 6) is -0.524. The van der Waals surface area contributed by atoms with Gasteiger partial charge in [0.15, 0.2) is 0 Å². The summed E-state index contributed by atoms with van der Waals surface area (Å²) in [5, 5.41) is 2.84. The zero-order valence-electron chi connectivity index (χ0n) is 14.3. The number of ether oxygens (including phenoxy) is 2. The molecular formula is C16H29ClN2O4. The highest BCUT2D eigenvalue weighted by molar-refractivity contribution is 5.89. The predicted molar refractivity (Wildman–Crippen MR) is 91.4 cm³/mol. The Balaban J connectivity index is 0.00000484. The van der Waals surface area contributed by atoms with E-state index >= 15 is 0 Å². The molecule has 3 atom stereocenters. The quantitative estimate of drug-likeness (QED) is 0.683. The first-order chi connectivity index (χ1) is 10.4. The van der Waals surface area contributed by atoms with Crippen LogP contribution in [-0.2, 0) is 19.1 Å². The summed E-state index contributed by atoms with van der Waals surface area (Å²) in [7, 11) is 0. The van der Waals surface area contributed by atoms with E-state index in [1.807, 2.05) is 13.8 Å². The molecule has 0 saturated heterocycles. The number of nitrogens with two attached hydrogens (primary N) is 1. The Morgan fingerprint density at radius 1 is 1.35 bits per heavy atom. The van der Waals surface area contributed by atoms with Crippen molar-refractivity contribution in [1.82, 2.24) is 5.32 Å². The van der Waals surface area contributed by atoms with E-state index < -0.39 is 6.10 Å². The maximum Gasteiger partial charge on any atom is 0.333 e. The molecule has 6 nitrogen and oxygen atoms in total. The van der Waals surface area contributed by atoms with Crippen LogP contribution in [0.4, 0.5) is 0 Å². The minimum Gasteiger partial charge on any atom is -0.463 e. The standard InChI is InChI=1S/C16H28N2O4.ClH/c1-5-12(6-2)22-14-9-11(16(20)21-7-3)8-13(17)15(14)18-10(4)19;/h9,12-15H,5-8,17H2,1-4H3,(H,18,19);1H/t13-,14-,15-;/m0./s1. The molecule has 0 fully saturated rings. The summed E-state index contributed by atoms with van der Waals surface area (Å²) in [6, 6.07) is -0.719. The van der Waals surface area contributed by atoms with Crippen LogP contribution in [0, 0.1) is 0 Å². The summed E-state index contributed by atoms with van der Waals surface area (Å²) in [5.41, 5.74) is 6.68. The number of esters is 1. The van der Waals surface area contributed by atoms with Gasteiger partial charge in [0.25, 0.3) is 0 Å². The van der Waals surface area contributed by atoms with Crippen LogP contribution >= 0.6 is 12.4 Å². The Labute approximate surface area is 144 Å². The van der Waals surface area contributed by atoms with Gasteiger partial charge in [-0.25, -0.2) is 4.79 Å². The number of rotatable bonds is 7. The van der Waals surface area contributed by atoms with E-state index in [0.29, 0.717) is 18.6 Å². The molecule has 0 aromatic carbocycles. The molecule has 3 N–H and O–H groups in total. The topological polar surface area (TPSA) is 90.6 Å². The molecule has 1 aliphatic carbocycles. The van der Waals surface area contributed by atoms with Crippen molar-refractivity contribution in [2.75, 3.05) is 6.61 Å². The van der Waals surface area contributed by atoms with Crippen LogP contribution in [0.2, 0.25) is 0 Å². The second kappa shape index (κ2) is 10.6. The monoisotopic (exact) mass is 348 g/mol. The van der Waals surface area contributed by atoms with Gasteiger partial charge in [0.1, 0.15) is 0 Å². The van der Waals surface area contributed by atoms with E-state index in [-0.39, 0.29) is 42.5 Å². The fourth-order valence-electron chi connectivity index (χ4n) is 2.62. The van der Waals surface area contributed by atoms with Crippen molar-refractivity contribution in [3.63, 3.8) is 0 Å². The van der Waals surface area contributed by atoms with Gasteiger partial charge in [0.2, 0.25) is 5.91 Å². The van der Waals surface area contributed by atoms with Gasteiger partial charge in [0.05, 0.1) is 24.9 Å². The molecule has 0 aromatic heterocycles. The number of carbonyl (C=O) groups is 2. The summed E-state index contributed by atoms with van der Waals surface area (Å²) >= 11 is 0. The van der Waals surface area contributed by atoms with Crippen molar-refractivity contribution in [2.45, 2.75) is 71.2 Å². The minimum absolute atomic E-state index is 0. The van der Waals surface area contributed by atoms with Crippen LogP contribution in [0.3, 0.4) is 0 Å². The van der Waals surface area contributed by atoms with Crippen LogP contribution in [0.25, 0.3) is 0 Å². The van der Waals surface area contributed by atoms with Crippen LogP contribution in [0.15, 0.2) is 11.6 Å². The second-order valence-electron chi connectivity index (χ2n) is 5.55. The van der Waals surface area contributed by atoms with Crippen LogP contribution in [-0.4, -0.2) is 42.8 Å². The summed E-state index contributed by atoms with van der Waals surface area (Å²) < 4.78 is 11.1. The van der Waals surface area contributed by atoms with Crippen molar-refractivity contribution in [3.05, 3.63) is 11.6 Å². The van der Waals surface area contributed by atoms with E-state index in [1.165, 1.54) is 6.92 Å². The fourth-order valence-corrected chi connectivity index (χ4v) is 2.62. The van der Waals surface area contributed by atoms with Gasteiger partial charge in [-0.2, -0.15) is 0 Å². The van der Waals surface area contributed by atoms with Gasteiger partial charge in [-0.15, -0.1) is 12.4 Å². The predicted octanol–water partition coefficient (Wildman–Crippen LogP) is 1.71. The summed E-state index contributed by atoms with van der Waals surface area (Å²) in [6.07, 6.45) is 3.48. The molecule has 0 aliphatic heterocycles. The third-order valence-corrected chi connectivity index (χ3v) is 3.80. The first-order valence-electron chi connectivity index (χ1n) is 7.98. The molecule has 0 unspecified atom stereocenters.